The van der Waals surface area contributed by atoms with E-state index in [4.69, 9.17) is 0 Å². The van der Waals surface area contributed by atoms with Crippen LogP contribution in [0.15, 0.2) is 52.3 Å². The van der Waals surface area contributed by atoms with Gasteiger partial charge in [-0.25, -0.2) is 17.6 Å². The molecular weight excluding hydrogens is 377 g/mol. The summed E-state index contributed by atoms with van der Waals surface area (Å²) in [7, 11) is -3.95. The van der Waals surface area contributed by atoms with E-state index in [1.165, 1.54) is 40.3 Å². The SMILES string of the molecule is CC1(C)CCN(S(=O)(=O)c2ccc(F)cc2)c2cc(C(=O)O)ccc2S1. The molecule has 0 bridgehead atoms. The second-order valence-corrected chi connectivity index (χ2v) is 10.2. The van der Waals surface area contributed by atoms with Gasteiger partial charge >= 0.3 is 5.97 Å². The van der Waals surface area contributed by atoms with Gasteiger partial charge in [-0.05, 0) is 48.9 Å². The van der Waals surface area contributed by atoms with Crippen molar-refractivity contribution in [2.24, 2.45) is 0 Å². The number of carboxylic acids is 1. The summed E-state index contributed by atoms with van der Waals surface area (Å²) in [5, 5.41) is 9.28. The molecule has 0 aromatic heterocycles. The van der Waals surface area contributed by atoms with E-state index in [0.717, 1.165) is 12.1 Å². The first-order valence-electron chi connectivity index (χ1n) is 7.95. The number of sulfonamides is 1. The smallest absolute Gasteiger partial charge is 0.335 e. The molecule has 1 N–H and O–H groups in total. The molecule has 138 valence electrons. The number of halogens is 1. The number of fused-ring (bicyclic) bond motifs is 1. The Labute approximate surface area is 155 Å². The van der Waals surface area contributed by atoms with Gasteiger partial charge in [-0.15, -0.1) is 11.8 Å². The maximum Gasteiger partial charge on any atom is 0.335 e. The molecule has 0 spiro atoms. The van der Waals surface area contributed by atoms with Crippen LogP contribution in [0, 0.1) is 5.82 Å². The van der Waals surface area contributed by atoms with E-state index >= 15 is 0 Å². The minimum atomic E-state index is -3.95. The number of carboxylic acid groups (broad SMARTS) is 1. The lowest BCUT2D eigenvalue weighted by Crippen LogP contribution is -2.33. The highest BCUT2D eigenvalue weighted by molar-refractivity contribution is 8.01. The summed E-state index contributed by atoms with van der Waals surface area (Å²) in [5.41, 5.74) is 0.355. The quantitative estimate of drug-likeness (QED) is 0.850. The third-order valence-corrected chi connectivity index (χ3v) is 7.33. The third kappa shape index (κ3) is 3.57. The number of hydrogen-bond donors (Lipinski definition) is 1. The number of benzene rings is 2. The first-order valence-corrected chi connectivity index (χ1v) is 10.2. The van der Waals surface area contributed by atoms with Crippen LogP contribution in [0.4, 0.5) is 10.1 Å². The average Bonchev–Trinajstić information content (AvgIpc) is 2.69. The number of thioether (sulfide) groups is 1. The normalized spacial score (nSPS) is 16.7. The Bertz CT molecular complexity index is 956. The van der Waals surface area contributed by atoms with E-state index in [-0.39, 0.29) is 21.8 Å². The number of nitrogens with zero attached hydrogens (tertiary/aromatic N) is 1. The molecule has 0 saturated heterocycles. The van der Waals surface area contributed by atoms with Crippen molar-refractivity contribution in [2.45, 2.75) is 34.8 Å². The summed E-state index contributed by atoms with van der Waals surface area (Å²) >= 11 is 1.51. The van der Waals surface area contributed by atoms with Crippen molar-refractivity contribution in [3.63, 3.8) is 0 Å². The molecule has 0 aliphatic carbocycles. The Balaban J connectivity index is 2.17. The van der Waals surface area contributed by atoms with Gasteiger partial charge in [0.15, 0.2) is 0 Å². The van der Waals surface area contributed by atoms with Crippen LogP contribution in [0.1, 0.15) is 30.6 Å². The highest BCUT2D eigenvalue weighted by atomic mass is 32.2. The second-order valence-electron chi connectivity index (χ2n) is 6.63. The summed E-state index contributed by atoms with van der Waals surface area (Å²) < 4.78 is 40.5. The molecule has 0 radical (unpaired) electrons. The summed E-state index contributed by atoms with van der Waals surface area (Å²) in [6.07, 6.45) is 0.579. The lowest BCUT2D eigenvalue weighted by Gasteiger charge is -2.25. The number of aromatic carboxylic acids is 1. The molecule has 0 unspecified atom stereocenters. The van der Waals surface area contributed by atoms with E-state index in [9.17, 15) is 22.7 Å². The lowest BCUT2D eigenvalue weighted by molar-refractivity contribution is 0.0697. The van der Waals surface area contributed by atoms with Gasteiger partial charge in [0.2, 0.25) is 0 Å². The predicted molar refractivity (Wildman–Crippen MR) is 98.9 cm³/mol. The molecule has 0 saturated carbocycles. The number of rotatable bonds is 3. The first-order chi connectivity index (χ1) is 12.1. The fourth-order valence-corrected chi connectivity index (χ4v) is 5.49. The van der Waals surface area contributed by atoms with Crippen LogP contribution < -0.4 is 4.31 Å². The Hall–Kier alpha value is -2.06. The van der Waals surface area contributed by atoms with Gasteiger partial charge in [-0.2, -0.15) is 0 Å². The molecule has 2 aromatic carbocycles. The Morgan fingerprint density at radius 2 is 1.85 bits per heavy atom. The summed E-state index contributed by atoms with van der Waals surface area (Å²) in [6, 6.07) is 9.12. The molecule has 0 atom stereocenters. The molecule has 2 aromatic rings. The van der Waals surface area contributed by atoms with Crippen LogP contribution in [-0.4, -0.2) is 30.8 Å². The van der Waals surface area contributed by atoms with Crippen LogP contribution in [0.3, 0.4) is 0 Å². The average molecular weight is 395 g/mol. The van der Waals surface area contributed by atoms with Crippen LogP contribution in [0.2, 0.25) is 0 Å². The molecule has 1 aliphatic heterocycles. The van der Waals surface area contributed by atoms with Crippen molar-refractivity contribution in [1.29, 1.82) is 0 Å². The van der Waals surface area contributed by atoms with E-state index < -0.39 is 21.8 Å². The maximum absolute atomic E-state index is 13.2. The van der Waals surface area contributed by atoms with Crippen LogP contribution in [-0.2, 0) is 10.0 Å². The van der Waals surface area contributed by atoms with Crippen molar-refractivity contribution in [3.05, 3.63) is 53.8 Å². The zero-order chi connectivity index (χ0) is 19.1. The van der Waals surface area contributed by atoms with Gasteiger partial charge in [-0.3, -0.25) is 4.31 Å². The van der Waals surface area contributed by atoms with Gasteiger partial charge in [0.25, 0.3) is 10.0 Å². The molecule has 1 heterocycles. The molecule has 8 heteroatoms. The zero-order valence-electron chi connectivity index (χ0n) is 14.3. The number of anilines is 1. The van der Waals surface area contributed by atoms with Crippen molar-refractivity contribution >= 4 is 33.4 Å². The number of hydrogen-bond acceptors (Lipinski definition) is 4. The van der Waals surface area contributed by atoms with Crippen LogP contribution >= 0.6 is 11.8 Å². The first kappa shape index (κ1) is 18.7. The fourth-order valence-electron chi connectivity index (χ4n) is 2.76. The standard InChI is InChI=1S/C18H18FNO4S2/c1-18(2)9-10-20(26(23,24)14-6-4-13(19)5-7-14)15-11-12(17(21)22)3-8-16(15)25-18/h3-8,11H,9-10H2,1-2H3,(H,21,22). The topological polar surface area (TPSA) is 74.7 Å². The van der Waals surface area contributed by atoms with E-state index in [0.29, 0.717) is 17.0 Å². The molecule has 3 rings (SSSR count). The van der Waals surface area contributed by atoms with Gasteiger partial charge in [0.05, 0.1) is 16.1 Å². The van der Waals surface area contributed by atoms with E-state index in [1.807, 2.05) is 13.8 Å². The van der Waals surface area contributed by atoms with Crippen molar-refractivity contribution < 1.29 is 22.7 Å². The molecule has 0 amide bonds. The van der Waals surface area contributed by atoms with Crippen molar-refractivity contribution in [2.75, 3.05) is 10.8 Å². The highest BCUT2D eigenvalue weighted by Gasteiger charge is 2.34. The summed E-state index contributed by atoms with van der Waals surface area (Å²) in [5.74, 6) is -1.65. The monoisotopic (exact) mass is 395 g/mol. The molecule has 1 aliphatic rings. The number of carbonyl (C=O) groups is 1. The zero-order valence-corrected chi connectivity index (χ0v) is 15.9. The molecular formula is C18H18FNO4S2. The van der Waals surface area contributed by atoms with E-state index in [2.05, 4.69) is 0 Å². The Morgan fingerprint density at radius 3 is 2.46 bits per heavy atom. The molecule has 0 fully saturated rings. The summed E-state index contributed by atoms with van der Waals surface area (Å²) in [6.45, 7) is 4.23. The molecule has 5 nitrogen and oxygen atoms in total. The van der Waals surface area contributed by atoms with Crippen molar-refractivity contribution in [1.82, 2.24) is 0 Å². The van der Waals surface area contributed by atoms with Crippen LogP contribution in [0.5, 0.6) is 0 Å². The minimum Gasteiger partial charge on any atom is -0.478 e. The fraction of sp³-hybridized carbons (Fsp3) is 0.278. The van der Waals surface area contributed by atoms with Crippen molar-refractivity contribution in [3.8, 4) is 0 Å². The lowest BCUT2D eigenvalue weighted by atomic mass is 10.1. The highest BCUT2D eigenvalue weighted by Crippen LogP contribution is 2.45. The Morgan fingerprint density at radius 1 is 1.19 bits per heavy atom. The van der Waals surface area contributed by atoms with Crippen LogP contribution in [0.25, 0.3) is 0 Å². The predicted octanol–water partition coefficient (Wildman–Crippen LogP) is 3.99. The second kappa shape index (κ2) is 6.59. The van der Waals surface area contributed by atoms with Gasteiger partial charge < -0.3 is 5.11 Å². The van der Waals surface area contributed by atoms with Gasteiger partial charge in [0, 0.05) is 16.2 Å². The summed E-state index contributed by atoms with van der Waals surface area (Å²) in [4.78, 5) is 12.0. The van der Waals surface area contributed by atoms with Gasteiger partial charge in [0.1, 0.15) is 5.82 Å². The Kier molecular flexibility index (Phi) is 4.74. The van der Waals surface area contributed by atoms with Gasteiger partial charge in [-0.1, -0.05) is 13.8 Å². The largest absolute Gasteiger partial charge is 0.478 e. The van der Waals surface area contributed by atoms with E-state index in [1.54, 1.807) is 6.07 Å². The third-order valence-electron chi connectivity index (χ3n) is 4.18. The molecule has 26 heavy (non-hydrogen) atoms. The maximum atomic E-state index is 13.2. The minimum absolute atomic E-state index is 0.0170.